The molecule has 1 heterocycles. The Kier molecular flexibility index (Phi) is 5.43. The van der Waals surface area contributed by atoms with Crippen molar-refractivity contribution in [1.29, 1.82) is 0 Å². The Morgan fingerprint density at radius 1 is 1.12 bits per heavy atom. The zero-order valence-corrected chi connectivity index (χ0v) is 15.5. The lowest BCUT2D eigenvalue weighted by molar-refractivity contribution is 0.333. The lowest BCUT2D eigenvalue weighted by Crippen LogP contribution is -2.13. The van der Waals surface area contributed by atoms with Gasteiger partial charge in [0.2, 0.25) is 10.0 Å². The highest BCUT2D eigenvalue weighted by molar-refractivity contribution is 7.92. The standard InChI is InChI=1S/C17H17ClN4O3S/c1-26(23,24)22-13-3-5-14(6-4-13)25-9-8-19-17-15-7-2-12(18)10-16(15)20-11-21-17/h2-7,10-11,22H,8-9H2,1H3,(H,19,20,21). The van der Waals surface area contributed by atoms with Gasteiger partial charge in [0, 0.05) is 16.1 Å². The summed E-state index contributed by atoms with van der Waals surface area (Å²) in [6.07, 6.45) is 2.59. The molecule has 0 amide bonds. The molecule has 0 aliphatic rings. The monoisotopic (exact) mass is 392 g/mol. The van der Waals surface area contributed by atoms with Crippen LogP contribution < -0.4 is 14.8 Å². The summed E-state index contributed by atoms with van der Waals surface area (Å²) in [5.41, 5.74) is 1.26. The number of ether oxygens (including phenoxy) is 1. The molecule has 0 saturated heterocycles. The van der Waals surface area contributed by atoms with Crippen molar-refractivity contribution in [3.05, 3.63) is 53.8 Å². The normalized spacial score (nSPS) is 11.3. The van der Waals surface area contributed by atoms with E-state index in [0.29, 0.717) is 35.4 Å². The van der Waals surface area contributed by atoms with Crippen LogP contribution in [0.3, 0.4) is 0 Å². The van der Waals surface area contributed by atoms with Crippen molar-refractivity contribution in [2.45, 2.75) is 0 Å². The molecule has 0 saturated carbocycles. The molecule has 3 rings (SSSR count). The number of halogens is 1. The highest BCUT2D eigenvalue weighted by atomic mass is 35.5. The van der Waals surface area contributed by atoms with Gasteiger partial charge in [-0.15, -0.1) is 0 Å². The molecule has 2 aromatic carbocycles. The molecule has 2 N–H and O–H groups in total. The van der Waals surface area contributed by atoms with Crippen molar-refractivity contribution in [3.63, 3.8) is 0 Å². The molecule has 0 aliphatic heterocycles. The fourth-order valence-corrected chi connectivity index (χ4v) is 3.07. The summed E-state index contributed by atoms with van der Waals surface area (Å²) in [6.45, 7) is 0.954. The molecule has 0 spiro atoms. The summed E-state index contributed by atoms with van der Waals surface area (Å²) in [5, 5.41) is 4.72. The molecule has 0 radical (unpaired) electrons. The van der Waals surface area contributed by atoms with E-state index in [1.807, 2.05) is 6.07 Å². The highest BCUT2D eigenvalue weighted by Gasteiger charge is 2.04. The van der Waals surface area contributed by atoms with E-state index in [4.69, 9.17) is 16.3 Å². The second-order valence-electron chi connectivity index (χ2n) is 5.56. The zero-order valence-electron chi connectivity index (χ0n) is 13.9. The summed E-state index contributed by atoms with van der Waals surface area (Å²) in [5.74, 6) is 1.35. The minimum absolute atomic E-state index is 0.415. The molecule has 0 aliphatic carbocycles. The van der Waals surface area contributed by atoms with Crippen LogP contribution in [0.15, 0.2) is 48.8 Å². The van der Waals surface area contributed by atoms with E-state index in [0.717, 1.165) is 17.2 Å². The van der Waals surface area contributed by atoms with Crippen LogP contribution in [0.5, 0.6) is 5.75 Å². The average Bonchev–Trinajstić information content (AvgIpc) is 2.58. The number of benzene rings is 2. The van der Waals surface area contributed by atoms with E-state index in [1.54, 1.807) is 36.4 Å². The van der Waals surface area contributed by atoms with Crippen LogP contribution in [-0.2, 0) is 10.0 Å². The maximum Gasteiger partial charge on any atom is 0.229 e. The smallest absolute Gasteiger partial charge is 0.229 e. The van der Waals surface area contributed by atoms with E-state index < -0.39 is 10.0 Å². The maximum absolute atomic E-state index is 11.2. The second-order valence-corrected chi connectivity index (χ2v) is 7.74. The number of sulfonamides is 1. The molecule has 1 aromatic heterocycles. The van der Waals surface area contributed by atoms with Gasteiger partial charge in [-0.25, -0.2) is 18.4 Å². The Hall–Kier alpha value is -2.58. The number of aromatic nitrogens is 2. The van der Waals surface area contributed by atoms with Crippen LogP contribution in [0.25, 0.3) is 10.9 Å². The molecule has 136 valence electrons. The van der Waals surface area contributed by atoms with Gasteiger partial charge in [-0.3, -0.25) is 4.72 Å². The van der Waals surface area contributed by atoms with Crippen molar-refractivity contribution in [2.75, 3.05) is 29.4 Å². The fourth-order valence-electron chi connectivity index (χ4n) is 2.34. The van der Waals surface area contributed by atoms with Crippen molar-refractivity contribution in [2.24, 2.45) is 0 Å². The van der Waals surface area contributed by atoms with Crippen LogP contribution in [0.4, 0.5) is 11.5 Å². The summed E-state index contributed by atoms with van der Waals surface area (Å²) in [4.78, 5) is 8.44. The molecule has 0 unspecified atom stereocenters. The van der Waals surface area contributed by atoms with Gasteiger partial charge in [-0.05, 0) is 42.5 Å². The predicted octanol–water partition coefficient (Wildman–Crippen LogP) is 3.15. The van der Waals surface area contributed by atoms with E-state index in [2.05, 4.69) is 20.0 Å². The van der Waals surface area contributed by atoms with Gasteiger partial charge in [0.1, 0.15) is 24.5 Å². The molecule has 0 fully saturated rings. The number of hydrogen-bond acceptors (Lipinski definition) is 6. The van der Waals surface area contributed by atoms with Gasteiger partial charge in [0.25, 0.3) is 0 Å². The Balaban J connectivity index is 1.54. The van der Waals surface area contributed by atoms with E-state index >= 15 is 0 Å². The fraction of sp³-hybridized carbons (Fsp3) is 0.176. The minimum atomic E-state index is -3.28. The van der Waals surface area contributed by atoms with Gasteiger partial charge >= 0.3 is 0 Å². The SMILES string of the molecule is CS(=O)(=O)Nc1ccc(OCCNc2ncnc3cc(Cl)ccc23)cc1. The quantitative estimate of drug-likeness (QED) is 0.600. The summed E-state index contributed by atoms with van der Waals surface area (Å²) < 4.78 is 30.4. The van der Waals surface area contributed by atoms with Gasteiger partial charge in [-0.1, -0.05) is 11.6 Å². The maximum atomic E-state index is 11.2. The number of nitrogens with one attached hydrogen (secondary N) is 2. The molecular weight excluding hydrogens is 376 g/mol. The molecule has 3 aromatic rings. The topological polar surface area (TPSA) is 93.2 Å². The third-order valence-corrected chi connectivity index (χ3v) is 4.26. The molecule has 9 heteroatoms. The Morgan fingerprint density at radius 2 is 1.88 bits per heavy atom. The summed E-state index contributed by atoms with van der Waals surface area (Å²) in [7, 11) is -3.28. The minimum Gasteiger partial charge on any atom is -0.492 e. The van der Waals surface area contributed by atoms with Crippen molar-refractivity contribution in [3.8, 4) is 5.75 Å². The first-order valence-corrected chi connectivity index (χ1v) is 10.0. The van der Waals surface area contributed by atoms with Gasteiger partial charge in [-0.2, -0.15) is 0 Å². The van der Waals surface area contributed by atoms with Crippen LogP contribution >= 0.6 is 11.6 Å². The number of fused-ring (bicyclic) bond motifs is 1. The van der Waals surface area contributed by atoms with Crippen LogP contribution in [0.2, 0.25) is 5.02 Å². The molecule has 0 atom stereocenters. The first kappa shape index (κ1) is 18.2. The number of rotatable bonds is 7. The highest BCUT2D eigenvalue weighted by Crippen LogP contribution is 2.22. The van der Waals surface area contributed by atoms with Gasteiger partial charge in [0.15, 0.2) is 0 Å². The van der Waals surface area contributed by atoms with Gasteiger partial charge in [0.05, 0.1) is 18.3 Å². The number of anilines is 2. The predicted molar refractivity (Wildman–Crippen MR) is 103 cm³/mol. The van der Waals surface area contributed by atoms with Crippen molar-refractivity contribution in [1.82, 2.24) is 9.97 Å². The van der Waals surface area contributed by atoms with E-state index in [9.17, 15) is 8.42 Å². The van der Waals surface area contributed by atoms with Crippen LogP contribution in [0, 0.1) is 0 Å². The average molecular weight is 393 g/mol. The first-order valence-electron chi connectivity index (χ1n) is 7.75. The lowest BCUT2D eigenvalue weighted by Gasteiger charge is -2.10. The molecular formula is C17H17ClN4O3S. The first-order chi connectivity index (χ1) is 12.4. The largest absolute Gasteiger partial charge is 0.492 e. The zero-order chi connectivity index (χ0) is 18.6. The molecule has 26 heavy (non-hydrogen) atoms. The second kappa shape index (κ2) is 7.76. The third kappa shape index (κ3) is 4.96. The lowest BCUT2D eigenvalue weighted by atomic mass is 10.2. The van der Waals surface area contributed by atoms with Crippen molar-refractivity contribution >= 4 is 44.0 Å². The van der Waals surface area contributed by atoms with E-state index in [-0.39, 0.29) is 0 Å². The van der Waals surface area contributed by atoms with Gasteiger partial charge < -0.3 is 10.1 Å². The van der Waals surface area contributed by atoms with E-state index in [1.165, 1.54) is 6.33 Å². The Labute approximate surface area is 156 Å². The Bertz CT molecular complexity index is 1010. The van der Waals surface area contributed by atoms with Crippen LogP contribution in [0.1, 0.15) is 0 Å². The number of hydrogen-bond donors (Lipinski definition) is 2. The number of nitrogens with zero attached hydrogens (tertiary/aromatic N) is 2. The van der Waals surface area contributed by atoms with Crippen molar-refractivity contribution < 1.29 is 13.2 Å². The third-order valence-electron chi connectivity index (χ3n) is 3.42. The molecule has 7 nitrogen and oxygen atoms in total. The summed E-state index contributed by atoms with van der Waals surface area (Å²) in [6, 6.07) is 12.1. The molecule has 0 bridgehead atoms. The Morgan fingerprint density at radius 3 is 2.62 bits per heavy atom. The summed E-state index contributed by atoms with van der Waals surface area (Å²) >= 11 is 5.97. The van der Waals surface area contributed by atoms with Crippen LogP contribution in [-0.4, -0.2) is 37.8 Å².